The van der Waals surface area contributed by atoms with Crippen LogP contribution < -0.4 is 4.74 Å². The molecule has 1 aromatic rings. The number of rotatable bonds is 4. The zero-order chi connectivity index (χ0) is 16.3. The topological polar surface area (TPSA) is 66.2 Å². The van der Waals surface area contributed by atoms with Gasteiger partial charge in [-0.05, 0) is 26.8 Å². The van der Waals surface area contributed by atoms with Gasteiger partial charge >= 0.3 is 0 Å². The van der Waals surface area contributed by atoms with E-state index < -0.39 is 5.41 Å². The quantitative estimate of drug-likeness (QED) is 0.801. The second-order valence-electron chi connectivity index (χ2n) is 6.18. The summed E-state index contributed by atoms with van der Waals surface area (Å²) in [6.45, 7) is 10.8. The molecule has 22 heavy (non-hydrogen) atoms. The van der Waals surface area contributed by atoms with Crippen LogP contribution in [0.1, 0.15) is 32.8 Å². The average Bonchev–Trinajstić information content (AvgIpc) is 2.95. The Bertz CT molecular complexity index is 614. The van der Waals surface area contributed by atoms with E-state index in [9.17, 15) is 4.79 Å². The average molecular weight is 299 g/mol. The van der Waals surface area contributed by atoms with Crippen molar-refractivity contribution in [3.8, 4) is 11.9 Å². The summed E-state index contributed by atoms with van der Waals surface area (Å²) in [4.78, 5) is 18.5. The van der Waals surface area contributed by atoms with Crippen LogP contribution in [-0.4, -0.2) is 35.0 Å². The van der Waals surface area contributed by atoms with E-state index in [0.29, 0.717) is 24.5 Å². The number of likely N-dealkylation sites (tertiary alicyclic amines) is 1. The number of carbonyl (C=O) groups excluding carboxylic acids is 1. The molecule has 1 aromatic heterocycles. The van der Waals surface area contributed by atoms with Gasteiger partial charge in [0.05, 0.1) is 17.5 Å². The third kappa shape index (κ3) is 3.28. The van der Waals surface area contributed by atoms with Crippen molar-refractivity contribution >= 4 is 5.91 Å². The summed E-state index contributed by atoms with van der Waals surface area (Å²) < 4.78 is 5.79. The molecule has 1 aliphatic heterocycles. The van der Waals surface area contributed by atoms with Crippen LogP contribution >= 0.6 is 0 Å². The molecule has 1 amide bonds. The maximum Gasteiger partial charge on any atom is 0.232 e. The molecule has 0 aliphatic carbocycles. The molecule has 1 atom stereocenters. The number of amides is 1. The molecule has 5 heteroatoms. The Balaban J connectivity index is 1.96. The lowest BCUT2D eigenvalue weighted by Gasteiger charge is -2.29. The molecule has 2 heterocycles. The maximum atomic E-state index is 12.5. The smallest absolute Gasteiger partial charge is 0.232 e. The minimum Gasteiger partial charge on any atom is -0.472 e. The lowest BCUT2D eigenvalue weighted by Crippen LogP contribution is -2.40. The minimum atomic E-state index is -0.554. The highest BCUT2D eigenvalue weighted by molar-refractivity contribution is 5.85. The molecule has 0 radical (unpaired) electrons. The van der Waals surface area contributed by atoms with Crippen molar-refractivity contribution < 1.29 is 9.53 Å². The zero-order valence-corrected chi connectivity index (χ0v) is 13.3. The Hall–Kier alpha value is -2.35. The monoisotopic (exact) mass is 299 g/mol. The number of ether oxygens (including phenoxy) is 1. The zero-order valence-electron chi connectivity index (χ0n) is 13.3. The van der Waals surface area contributed by atoms with E-state index in [2.05, 4.69) is 11.6 Å². The van der Waals surface area contributed by atoms with Crippen molar-refractivity contribution in [1.82, 2.24) is 9.88 Å². The van der Waals surface area contributed by atoms with Crippen LogP contribution in [0.4, 0.5) is 0 Å². The Morgan fingerprint density at radius 1 is 1.55 bits per heavy atom. The van der Waals surface area contributed by atoms with Gasteiger partial charge in [0.1, 0.15) is 12.2 Å². The van der Waals surface area contributed by atoms with Gasteiger partial charge in [0.15, 0.2) is 0 Å². The van der Waals surface area contributed by atoms with Gasteiger partial charge in [0.2, 0.25) is 11.8 Å². The molecular weight excluding hydrogens is 278 g/mol. The molecule has 0 aromatic carbocycles. The molecule has 0 unspecified atom stereocenters. The summed E-state index contributed by atoms with van der Waals surface area (Å²) in [5, 5.41) is 8.75. The normalized spacial score (nSPS) is 17.9. The van der Waals surface area contributed by atoms with E-state index >= 15 is 0 Å². The van der Waals surface area contributed by atoms with Gasteiger partial charge in [-0.15, -0.1) is 0 Å². The van der Waals surface area contributed by atoms with Crippen molar-refractivity contribution in [2.45, 2.75) is 33.3 Å². The lowest BCUT2D eigenvalue weighted by molar-refractivity contribution is -0.137. The van der Waals surface area contributed by atoms with Gasteiger partial charge < -0.3 is 9.64 Å². The number of nitriles is 1. The van der Waals surface area contributed by atoms with Crippen LogP contribution in [0.15, 0.2) is 30.5 Å². The maximum absolute atomic E-state index is 12.5. The number of nitrogens with zero attached hydrogens (tertiary/aromatic N) is 3. The molecule has 5 nitrogen and oxygen atoms in total. The van der Waals surface area contributed by atoms with Crippen molar-refractivity contribution in [3.63, 3.8) is 0 Å². The van der Waals surface area contributed by atoms with E-state index in [-0.39, 0.29) is 12.0 Å². The third-order valence-corrected chi connectivity index (χ3v) is 4.19. The SMILES string of the molecule is C=C(C)C(C)(C)C(=O)N1CC[C@@H](Oc2ccc(C#N)cn2)C1. The Morgan fingerprint density at radius 2 is 2.27 bits per heavy atom. The summed E-state index contributed by atoms with van der Waals surface area (Å²) in [6.07, 6.45) is 2.20. The molecule has 1 saturated heterocycles. The molecule has 0 bridgehead atoms. The van der Waals surface area contributed by atoms with Crippen LogP contribution in [0.25, 0.3) is 0 Å². The first-order chi connectivity index (χ1) is 10.3. The van der Waals surface area contributed by atoms with Crippen LogP contribution in [-0.2, 0) is 4.79 Å². The number of aromatic nitrogens is 1. The number of pyridine rings is 1. The molecule has 1 fully saturated rings. The predicted molar refractivity (Wildman–Crippen MR) is 83.2 cm³/mol. The second-order valence-corrected chi connectivity index (χ2v) is 6.18. The first kappa shape index (κ1) is 16.0. The third-order valence-electron chi connectivity index (χ3n) is 4.19. The highest BCUT2D eigenvalue weighted by Gasteiger charge is 2.37. The summed E-state index contributed by atoms with van der Waals surface area (Å²) in [5.41, 5.74) is 0.802. The lowest BCUT2D eigenvalue weighted by atomic mass is 9.84. The molecule has 116 valence electrons. The van der Waals surface area contributed by atoms with Crippen LogP contribution in [0.2, 0.25) is 0 Å². The van der Waals surface area contributed by atoms with E-state index in [0.717, 1.165) is 12.0 Å². The van der Waals surface area contributed by atoms with Gasteiger partial charge in [0.25, 0.3) is 0 Å². The summed E-state index contributed by atoms with van der Waals surface area (Å²) in [7, 11) is 0. The molecule has 2 rings (SSSR count). The van der Waals surface area contributed by atoms with E-state index in [4.69, 9.17) is 10.00 Å². The molecule has 1 aliphatic rings. The molecular formula is C17H21N3O2. The number of carbonyl (C=O) groups is 1. The summed E-state index contributed by atoms with van der Waals surface area (Å²) >= 11 is 0. The van der Waals surface area contributed by atoms with E-state index in [1.165, 1.54) is 6.20 Å². The van der Waals surface area contributed by atoms with E-state index in [1.807, 2.05) is 31.7 Å². The van der Waals surface area contributed by atoms with Crippen molar-refractivity contribution in [1.29, 1.82) is 5.26 Å². The van der Waals surface area contributed by atoms with Gasteiger partial charge in [-0.2, -0.15) is 5.26 Å². The minimum absolute atomic E-state index is 0.0645. The van der Waals surface area contributed by atoms with Crippen LogP contribution in [0.5, 0.6) is 5.88 Å². The van der Waals surface area contributed by atoms with Crippen molar-refractivity contribution in [2.24, 2.45) is 5.41 Å². The van der Waals surface area contributed by atoms with Gasteiger partial charge in [-0.3, -0.25) is 4.79 Å². The fourth-order valence-corrected chi connectivity index (χ4v) is 2.27. The first-order valence-electron chi connectivity index (χ1n) is 7.32. The van der Waals surface area contributed by atoms with Gasteiger partial charge in [0, 0.05) is 25.2 Å². The van der Waals surface area contributed by atoms with Crippen LogP contribution in [0, 0.1) is 16.7 Å². The fourth-order valence-electron chi connectivity index (χ4n) is 2.27. The summed E-state index contributed by atoms with van der Waals surface area (Å²) in [5.74, 6) is 0.566. The largest absolute Gasteiger partial charge is 0.472 e. The fraction of sp³-hybridized carbons (Fsp3) is 0.471. The Kier molecular flexibility index (Phi) is 4.51. The summed E-state index contributed by atoms with van der Waals surface area (Å²) in [6, 6.07) is 5.37. The van der Waals surface area contributed by atoms with E-state index in [1.54, 1.807) is 12.1 Å². The molecule has 0 N–H and O–H groups in total. The Morgan fingerprint density at radius 3 is 2.82 bits per heavy atom. The first-order valence-corrected chi connectivity index (χ1v) is 7.32. The Labute approximate surface area is 131 Å². The molecule has 0 spiro atoms. The van der Waals surface area contributed by atoms with Crippen LogP contribution in [0.3, 0.4) is 0 Å². The molecule has 0 saturated carbocycles. The number of hydrogen-bond donors (Lipinski definition) is 0. The van der Waals surface area contributed by atoms with Crippen molar-refractivity contribution in [3.05, 3.63) is 36.0 Å². The standard InChI is InChI=1S/C17H21N3O2/c1-12(2)17(3,4)16(21)20-8-7-14(11-20)22-15-6-5-13(9-18)10-19-15/h5-6,10,14H,1,7-8,11H2,2-4H3/t14-/m1/s1. The second kappa shape index (κ2) is 6.18. The highest BCUT2D eigenvalue weighted by Crippen LogP contribution is 2.29. The predicted octanol–water partition coefficient (Wildman–Crippen LogP) is 2.54. The number of hydrogen-bond acceptors (Lipinski definition) is 4. The van der Waals surface area contributed by atoms with Gasteiger partial charge in [-0.25, -0.2) is 4.98 Å². The van der Waals surface area contributed by atoms with Gasteiger partial charge in [-0.1, -0.05) is 12.2 Å². The van der Waals surface area contributed by atoms with Crippen molar-refractivity contribution in [2.75, 3.05) is 13.1 Å². The highest BCUT2D eigenvalue weighted by atomic mass is 16.5.